The van der Waals surface area contributed by atoms with Gasteiger partial charge in [0.05, 0.1) is 44.5 Å². The van der Waals surface area contributed by atoms with Gasteiger partial charge in [-0.05, 0) is 36.4 Å². The Morgan fingerprint density at radius 1 is 1.18 bits per heavy atom. The number of hydrogen-bond acceptors (Lipinski definition) is 5. The second kappa shape index (κ2) is 9.52. The number of hydrogen-bond donors (Lipinski definition) is 2. The summed E-state index contributed by atoms with van der Waals surface area (Å²) in [5, 5.41) is 10.3. The first-order valence-electron chi connectivity index (χ1n) is 9.39. The van der Waals surface area contributed by atoms with Crippen LogP contribution < -0.4 is 14.5 Å². The van der Waals surface area contributed by atoms with Gasteiger partial charge in [0.15, 0.2) is 0 Å². The van der Waals surface area contributed by atoms with Crippen LogP contribution in [0.1, 0.15) is 10.4 Å². The number of ether oxygens (including phenoxy) is 2. The molecular formula is C21H26FN2O4+. The molecular weight excluding hydrogens is 363 g/mol. The van der Waals surface area contributed by atoms with Gasteiger partial charge in [-0.25, -0.2) is 9.18 Å². The molecule has 0 bridgehead atoms. The zero-order chi connectivity index (χ0) is 19.9. The van der Waals surface area contributed by atoms with Gasteiger partial charge in [-0.15, -0.1) is 0 Å². The number of benzene rings is 2. The average Bonchev–Trinajstić information content (AvgIpc) is 2.73. The molecule has 0 aromatic heterocycles. The van der Waals surface area contributed by atoms with Gasteiger partial charge in [0.25, 0.3) is 0 Å². The van der Waals surface area contributed by atoms with Crippen molar-refractivity contribution in [2.75, 3.05) is 51.3 Å². The maximum atomic E-state index is 13.9. The van der Waals surface area contributed by atoms with E-state index < -0.39 is 12.1 Å². The molecule has 0 unspecified atom stereocenters. The summed E-state index contributed by atoms with van der Waals surface area (Å²) in [7, 11) is 1.33. The number of nitrogens with zero attached hydrogens (tertiary/aromatic N) is 1. The van der Waals surface area contributed by atoms with Crippen molar-refractivity contribution >= 4 is 11.7 Å². The van der Waals surface area contributed by atoms with Crippen LogP contribution in [0.25, 0.3) is 0 Å². The molecule has 1 heterocycles. The molecule has 2 N–H and O–H groups in total. The molecule has 1 fully saturated rings. The largest absolute Gasteiger partial charge is 0.491 e. The number of methoxy groups -OCH3 is 1. The third-order valence-electron chi connectivity index (χ3n) is 4.91. The van der Waals surface area contributed by atoms with Crippen LogP contribution in [0.3, 0.4) is 0 Å². The lowest BCUT2D eigenvalue weighted by Gasteiger charge is -2.34. The third-order valence-corrected chi connectivity index (χ3v) is 4.91. The summed E-state index contributed by atoms with van der Waals surface area (Å²) in [5.74, 6) is -0.00612. The zero-order valence-corrected chi connectivity index (χ0v) is 15.9. The van der Waals surface area contributed by atoms with Crippen LogP contribution in [-0.4, -0.2) is 63.6 Å². The van der Waals surface area contributed by atoms with Crippen LogP contribution in [0.5, 0.6) is 5.75 Å². The number of aliphatic hydroxyl groups excluding tert-OH is 1. The molecule has 150 valence electrons. The molecule has 1 aliphatic rings. The van der Waals surface area contributed by atoms with Crippen LogP contribution in [-0.2, 0) is 4.74 Å². The number of anilines is 1. The number of quaternary nitrogens is 1. The minimum atomic E-state index is -0.602. The van der Waals surface area contributed by atoms with Crippen molar-refractivity contribution in [2.24, 2.45) is 0 Å². The molecule has 2 aromatic carbocycles. The Balaban J connectivity index is 1.41. The Bertz CT molecular complexity index is 776. The van der Waals surface area contributed by atoms with Crippen LogP contribution >= 0.6 is 0 Å². The van der Waals surface area contributed by atoms with E-state index in [1.807, 2.05) is 11.0 Å². The van der Waals surface area contributed by atoms with Crippen molar-refractivity contribution in [2.45, 2.75) is 6.10 Å². The lowest BCUT2D eigenvalue weighted by molar-refractivity contribution is -0.903. The molecule has 0 amide bonds. The van der Waals surface area contributed by atoms with Crippen LogP contribution in [0.15, 0.2) is 48.5 Å². The van der Waals surface area contributed by atoms with Gasteiger partial charge in [0, 0.05) is 0 Å². The second-order valence-corrected chi connectivity index (χ2v) is 6.87. The summed E-state index contributed by atoms with van der Waals surface area (Å²) in [6.07, 6.45) is -0.602. The van der Waals surface area contributed by atoms with E-state index >= 15 is 0 Å². The summed E-state index contributed by atoms with van der Waals surface area (Å²) >= 11 is 0. The summed E-state index contributed by atoms with van der Waals surface area (Å²) in [6.45, 7) is 3.92. The van der Waals surface area contributed by atoms with Crippen molar-refractivity contribution in [1.29, 1.82) is 0 Å². The van der Waals surface area contributed by atoms with E-state index in [1.54, 1.807) is 36.4 Å². The van der Waals surface area contributed by atoms with Crippen LogP contribution in [0.4, 0.5) is 10.1 Å². The van der Waals surface area contributed by atoms with Crippen molar-refractivity contribution in [3.63, 3.8) is 0 Å². The fourth-order valence-corrected chi connectivity index (χ4v) is 3.37. The summed E-state index contributed by atoms with van der Waals surface area (Å²) in [6, 6.07) is 13.4. The van der Waals surface area contributed by atoms with Gasteiger partial charge in [0.2, 0.25) is 0 Å². The Morgan fingerprint density at radius 3 is 2.50 bits per heavy atom. The van der Waals surface area contributed by atoms with Crippen molar-refractivity contribution in [3.05, 3.63) is 59.9 Å². The third kappa shape index (κ3) is 5.21. The predicted octanol–water partition coefficient (Wildman–Crippen LogP) is 0.757. The highest BCUT2D eigenvalue weighted by atomic mass is 19.1. The molecule has 0 radical (unpaired) electrons. The summed E-state index contributed by atoms with van der Waals surface area (Å²) in [5.41, 5.74) is 1.09. The van der Waals surface area contributed by atoms with E-state index in [4.69, 9.17) is 4.74 Å². The number of para-hydroxylation sites is 1. The number of nitrogens with one attached hydrogen (secondary N) is 1. The lowest BCUT2D eigenvalue weighted by Crippen LogP contribution is -3.16. The number of esters is 1. The van der Waals surface area contributed by atoms with E-state index in [2.05, 4.69) is 4.74 Å². The SMILES string of the molecule is COC(=O)c1ccc(OC[C@H](O)C[NH+]2CCN(c3ccccc3F)CC2)cc1. The average molecular weight is 389 g/mol. The van der Waals surface area contributed by atoms with Crippen molar-refractivity contribution < 1.29 is 28.7 Å². The Hall–Kier alpha value is -2.64. The topological polar surface area (TPSA) is 63.4 Å². The normalized spacial score (nSPS) is 15.9. The van der Waals surface area contributed by atoms with Gasteiger partial charge in [-0.1, -0.05) is 12.1 Å². The molecule has 0 aliphatic carbocycles. The summed E-state index contributed by atoms with van der Waals surface area (Å²) < 4.78 is 24.2. The Labute approximate surface area is 164 Å². The fourth-order valence-electron chi connectivity index (χ4n) is 3.37. The number of piperazine rings is 1. The lowest BCUT2D eigenvalue weighted by atomic mass is 10.2. The Morgan fingerprint density at radius 2 is 1.86 bits per heavy atom. The van der Waals surface area contributed by atoms with Gasteiger partial charge >= 0.3 is 5.97 Å². The number of carbonyl (C=O) groups excluding carboxylic acids is 1. The van der Waals surface area contributed by atoms with Gasteiger partial charge in [-0.2, -0.15) is 0 Å². The fraction of sp³-hybridized carbons (Fsp3) is 0.381. The molecule has 1 atom stereocenters. The predicted molar refractivity (Wildman–Crippen MR) is 103 cm³/mol. The molecule has 2 aromatic rings. The quantitative estimate of drug-likeness (QED) is 0.685. The van der Waals surface area contributed by atoms with E-state index in [-0.39, 0.29) is 12.4 Å². The smallest absolute Gasteiger partial charge is 0.337 e. The van der Waals surface area contributed by atoms with E-state index in [0.717, 1.165) is 26.2 Å². The van der Waals surface area contributed by atoms with Gasteiger partial charge in [0.1, 0.15) is 30.8 Å². The Kier molecular flexibility index (Phi) is 6.84. The maximum Gasteiger partial charge on any atom is 0.337 e. The minimum absolute atomic E-state index is 0.179. The van der Waals surface area contributed by atoms with E-state index in [9.17, 15) is 14.3 Å². The molecule has 28 heavy (non-hydrogen) atoms. The molecule has 0 spiro atoms. The molecule has 1 saturated heterocycles. The maximum absolute atomic E-state index is 13.9. The second-order valence-electron chi connectivity index (χ2n) is 6.87. The molecule has 3 rings (SSSR count). The highest BCUT2D eigenvalue weighted by Gasteiger charge is 2.24. The van der Waals surface area contributed by atoms with E-state index in [0.29, 0.717) is 23.5 Å². The van der Waals surface area contributed by atoms with Gasteiger partial charge < -0.3 is 24.4 Å². The first kappa shape index (κ1) is 20.1. The first-order chi connectivity index (χ1) is 13.6. The van der Waals surface area contributed by atoms with E-state index in [1.165, 1.54) is 18.1 Å². The standard InChI is InChI=1S/C21H25FN2O4/c1-27-21(26)16-6-8-18(9-7-16)28-15-17(25)14-23-10-12-24(13-11-23)20-5-3-2-4-19(20)22/h2-9,17,25H,10-15H2,1H3/p+1/t17-/m1/s1. The minimum Gasteiger partial charge on any atom is -0.491 e. The van der Waals surface area contributed by atoms with Crippen molar-refractivity contribution in [3.8, 4) is 5.75 Å². The number of aliphatic hydroxyl groups is 1. The molecule has 6 nitrogen and oxygen atoms in total. The number of rotatable bonds is 7. The number of carbonyl (C=O) groups is 1. The van der Waals surface area contributed by atoms with Crippen molar-refractivity contribution in [1.82, 2.24) is 0 Å². The van der Waals surface area contributed by atoms with Gasteiger partial charge in [-0.3, -0.25) is 0 Å². The number of halogens is 1. The van der Waals surface area contributed by atoms with Crippen LogP contribution in [0, 0.1) is 5.82 Å². The molecule has 0 saturated carbocycles. The zero-order valence-electron chi connectivity index (χ0n) is 15.9. The molecule has 7 heteroatoms. The highest BCUT2D eigenvalue weighted by Crippen LogP contribution is 2.18. The van der Waals surface area contributed by atoms with Crippen LogP contribution in [0.2, 0.25) is 0 Å². The molecule has 1 aliphatic heterocycles. The monoisotopic (exact) mass is 389 g/mol. The summed E-state index contributed by atoms with van der Waals surface area (Å²) in [4.78, 5) is 14.7. The first-order valence-corrected chi connectivity index (χ1v) is 9.39. The highest BCUT2D eigenvalue weighted by molar-refractivity contribution is 5.89.